The van der Waals surface area contributed by atoms with Crippen LogP contribution in [0.2, 0.25) is 0 Å². The summed E-state index contributed by atoms with van der Waals surface area (Å²) in [4.78, 5) is 7.73. The zero-order valence-electron chi connectivity index (χ0n) is 73.1. The van der Waals surface area contributed by atoms with E-state index in [0.29, 0.717) is 0 Å². The zero-order chi connectivity index (χ0) is 85.1. The molecule has 0 atom stereocenters. The van der Waals surface area contributed by atoms with Gasteiger partial charge in [-0.2, -0.15) is 0 Å². The first-order chi connectivity index (χ1) is 60.5. The Bertz CT molecular complexity index is 7030. The third kappa shape index (κ3) is 13.1. The smallest absolute Gasteiger partial charge is 0.252 e. The highest BCUT2D eigenvalue weighted by Gasteiger charge is 2.45. The number of para-hydroxylation sites is 3. The number of hydrogen-bond acceptors (Lipinski definition) is 3. The van der Waals surface area contributed by atoms with Crippen molar-refractivity contribution in [2.45, 2.75) is 105 Å². The van der Waals surface area contributed by atoms with E-state index in [-0.39, 0.29) is 28.4 Å². The topological polar surface area (TPSA) is 24.5 Å². The van der Waals surface area contributed by atoms with Crippen molar-refractivity contribution in [3.63, 3.8) is 0 Å². The molecule has 125 heavy (non-hydrogen) atoms. The molecule has 0 bridgehead atoms. The lowest BCUT2D eigenvalue weighted by atomic mass is 9.33. The van der Waals surface area contributed by atoms with E-state index in [4.69, 9.17) is 0 Å². The quantitative estimate of drug-likeness (QED) is 0.114. The highest BCUT2D eigenvalue weighted by Crippen LogP contribution is 2.52. The van der Waals surface area contributed by atoms with Crippen molar-refractivity contribution in [2.75, 3.05) is 14.7 Å². The van der Waals surface area contributed by atoms with E-state index < -0.39 is 0 Å². The molecule has 17 aromatic carbocycles. The van der Waals surface area contributed by atoms with Crippen molar-refractivity contribution < 1.29 is 0 Å². The fourth-order valence-electron chi connectivity index (χ4n) is 20.0. The molecule has 20 aromatic rings. The van der Waals surface area contributed by atoms with Crippen LogP contribution in [-0.2, 0) is 21.7 Å². The highest BCUT2D eigenvalue weighted by molar-refractivity contribution is 7.00. The Morgan fingerprint density at radius 2 is 0.488 bits per heavy atom. The molecule has 0 amide bonds. The van der Waals surface area contributed by atoms with E-state index >= 15 is 0 Å². The van der Waals surface area contributed by atoms with Gasteiger partial charge in [0, 0.05) is 94.9 Å². The molecular formula is C118H99BN6. The Morgan fingerprint density at radius 1 is 0.200 bits per heavy atom. The maximum atomic E-state index is 2.67. The number of anilines is 9. The molecule has 7 heteroatoms. The number of rotatable bonds is 12. The van der Waals surface area contributed by atoms with Gasteiger partial charge in [-0.3, -0.25) is 0 Å². The number of hydrogen-bond donors (Lipinski definition) is 0. The fraction of sp³-hybridized carbons (Fsp3) is 0.136. The Labute approximate surface area is 733 Å². The first-order valence-corrected chi connectivity index (χ1v) is 44.2. The minimum atomic E-state index is -0.308. The van der Waals surface area contributed by atoms with E-state index in [9.17, 15) is 0 Å². The van der Waals surface area contributed by atoms with Crippen LogP contribution in [0.15, 0.2) is 382 Å². The Balaban J connectivity index is 0.898. The first-order valence-electron chi connectivity index (χ1n) is 44.2. The molecular weight excluding hydrogens is 1510 g/mol. The van der Waals surface area contributed by atoms with Gasteiger partial charge in [0.2, 0.25) is 0 Å². The summed E-state index contributed by atoms with van der Waals surface area (Å²) in [5.74, 6) is 0. The molecule has 3 aromatic heterocycles. The van der Waals surface area contributed by atoms with Gasteiger partial charge in [-0.1, -0.05) is 295 Å². The van der Waals surface area contributed by atoms with Crippen molar-refractivity contribution in [1.82, 2.24) is 13.7 Å². The predicted octanol–water partition coefficient (Wildman–Crippen LogP) is 30.4. The lowest BCUT2D eigenvalue weighted by molar-refractivity contribution is 0.590. The van der Waals surface area contributed by atoms with Crippen molar-refractivity contribution in [3.8, 4) is 61.6 Å². The molecule has 0 N–H and O–H groups in total. The van der Waals surface area contributed by atoms with E-state index in [0.717, 1.165) is 135 Å². The summed E-state index contributed by atoms with van der Waals surface area (Å²) in [6, 6.07) is 146. The average molecular weight is 1610 g/mol. The molecule has 0 unspecified atom stereocenters. The van der Waals surface area contributed by atoms with E-state index in [1.165, 1.54) is 82.3 Å². The van der Waals surface area contributed by atoms with E-state index in [1.807, 2.05) is 0 Å². The van der Waals surface area contributed by atoms with Gasteiger partial charge >= 0.3 is 0 Å². The summed E-state index contributed by atoms with van der Waals surface area (Å²) in [6.07, 6.45) is 0. The van der Waals surface area contributed by atoms with Crippen LogP contribution in [0.3, 0.4) is 0 Å². The van der Waals surface area contributed by atoms with Crippen LogP contribution in [0, 0.1) is 0 Å². The molecule has 0 spiro atoms. The van der Waals surface area contributed by atoms with Crippen LogP contribution in [0.5, 0.6) is 0 Å². The number of benzene rings is 17. The molecule has 0 fully saturated rings. The Morgan fingerprint density at radius 3 is 0.832 bits per heavy atom. The Kier molecular flexibility index (Phi) is 17.9. The zero-order valence-corrected chi connectivity index (χ0v) is 73.1. The van der Waals surface area contributed by atoms with Gasteiger partial charge in [0.05, 0.1) is 38.8 Å². The molecule has 2 aliphatic heterocycles. The van der Waals surface area contributed by atoms with E-state index in [2.05, 4.69) is 494 Å². The van der Waals surface area contributed by atoms with Gasteiger partial charge in [-0.05, 0) is 275 Å². The van der Waals surface area contributed by atoms with Crippen molar-refractivity contribution in [1.29, 1.82) is 0 Å². The fourth-order valence-corrected chi connectivity index (χ4v) is 20.0. The van der Waals surface area contributed by atoms with Gasteiger partial charge in [-0.25, -0.2) is 0 Å². The van der Waals surface area contributed by atoms with Crippen LogP contribution in [0.4, 0.5) is 51.2 Å². The van der Waals surface area contributed by atoms with Crippen LogP contribution < -0.4 is 31.1 Å². The number of fused-ring (bicyclic) bond motifs is 13. The predicted molar refractivity (Wildman–Crippen MR) is 535 cm³/mol. The maximum Gasteiger partial charge on any atom is 0.252 e. The van der Waals surface area contributed by atoms with Crippen LogP contribution >= 0.6 is 0 Å². The largest absolute Gasteiger partial charge is 0.311 e. The molecule has 6 nitrogen and oxygen atoms in total. The van der Waals surface area contributed by atoms with Crippen molar-refractivity contribution in [2.24, 2.45) is 0 Å². The lowest BCUT2D eigenvalue weighted by Crippen LogP contribution is -2.61. The second kappa shape index (κ2) is 29.1. The normalized spacial score (nSPS) is 12.9. The van der Waals surface area contributed by atoms with Crippen LogP contribution in [0.1, 0.15) is 105 Å². The van der Waals surface area contributed by atoms with Crippen molar-refractivity contribution >= 4 is 140 Å². The lowest BCUT2D eigenvalue weighted by Gasteiger charge is -2.45. The summed E-state index contributed by atoms with van der Waals surface area (Å²) in [6.45, 7) is 27.7. The van der Waals surface area contributed by atoms with Crippen LogP contribution in [0.25, 0.3) is 127 Å². The molecule has 604 valence electrons. The summed E-state index contributed by atoms with van der Waals surface area (Å²) >= 11 is 0. The van der Waals surface area contributed by atoms with E-state index in [1.54, 1.807) is 0 Å². The monoisotopic (exact) mass is 1610 g/mol. The molecule has 0 saturated heterocycles. The molecule has 22 rings (SSSR count). The molecule has 0 radical (unpaired) electrons. The minimum Gasteiger partial charge on any atom is -0.311 e. The second-order valence-electron chi connectivity index (χ2n) is 38.6. The summed E-state index contributed by atoms with van der Waals surface area (Å²) in [7, 11) is 0. The average Bonchev–Trinajstić information content (AvgIpc) is 1.34. The maximum absolute atomic E-state index is 2.67. The second-order valence-corrected chi connectivity index (χ2v) is 38.6. The van der Waals surface area contributed by atoms with Gasteiger partial charge in [0.1, 0.15) is 0 Å². The van der Waals surface area contributed by atoms with Gasteiger partial charge < -0.3 is 28.4 Å². The molecule has 2 aliphatic rings. The molecule has 0 aliphatic carbocycles. The molecule has 5 heterocycles. The third-order valence-electron chi connectivity index (χ3n) is 26.5. The van der Waals surface area contributed by atoms with Crippen LogP contribution in [-0.4, -0.2) is 20.4 Å². The Hall–Kier alpha value is -14.4. The molecule has 0 saturated carbocycles. The number of aromatic nitrogens is 3. The highest BCUT2D eigenvalue weighted by atomic mass is 15.2. The minimum absolute atomic E-state index is 0.0834. The third-order valence-corrected chi connectivity index (χ3v) is 26.5. The summed E-state index contributed by atoms with van der Waals surface area (Å²) in [5.41, 5.74) is 37.3. The summed E-state index contributed by atoms with van der Waals surface area (Å²) in [5, 5.41) is 7.30. The number of nitrogens with zero attached hydrogens (tertiary/aromatic N) is 6. The SMILES string of the molecule is CC(C)(C)c1ccc2c(c1)c1cc(C(C)(C)C)ccc1n2-c1ccc2c(c1)N(c1cc(-c3ccccc3)cc(-c3ccccc3)c1)c1cc(-n3c4ccccc4c4cc(N(c5ccccc5)c5ccccc5)ccc43)cc3c1B2c1ccc(-n2c4ccc(C(C)(C)C)cc4c4cc(C(C)(C)C)ccc42)cc1N3c1cc(-c2ccccc2)cc(-c2ccccc2)c1. The summed E-state index contributed by atoms with van der Waals surface area (Å²) < 4.78 is 7.69. The van der Waals surface area contributed by atoms with Gasteiger partial charge in [-0.15, -0.1) is 0 Å². The van der Waals surface area contributed by atoms with Gasteiger partial charge in [0.25, 0.3) is 6.71 Å². The van der Waals surface area contributed by atoms with Gasteiger partial charge in [0.15, 0.2) is 0 Å². The standard InChI is InChI=1S/C118H99BN6/c1-115(2,3)84-47-56-105-97(67-84)98-68-85(116(4,5)6)48-57-106(98)121(105)91-51-54-102-110(72-91)124(93-63-80(76-33-19-13-20-34-76)61-81(64-93)77-35-21-14-22-36-77)112-74-95(123-104-46-32-31-45-96(104)101-71-90(53-60-109(101)123)120(88-41-27-17-28-42-88)89-43-29-18-30-44-89)75-113-114(112)119(102)103-55-52-92(122-107-58-49-86(117(7,8)9)69-99(107)100-70-87(118(10,11)12)50-59-108(100)122)73-111(103)125(113)94-65-82(78-37-23-15-24-38-78)62-83(66-94)79-39-25-16-26-40-79/h13-75H,1-12H3. The first kappa shape index (κ1) is 76.7. The van der Waals surface area contributed by atoms with Crippen molar-refractivity contribution in [3.05, 3.63) is 404 Å².